The zero-order chi connectivity index (χ0) is 21.2. The van der Waals surface area contributed by atoms with Crippen molar-refractivity contribution in [2.24, 2.45) is 0 Å². The lowest BCUT2D eigenvalue weighted by Gasteiger charge is -2.22. The van der Waals surface area contributed by atoms with E-state index in [-0.39, 0.29) is 11.5 Å². The normalized spacial score (nSPS) is 14.0. The quantitative estimate of drug-likeness (QED) is 0.827. The molecule has 0 bridgehead atoms. The maximum Gasteiger partial charge on any atom is 0.416 e. The van der Waals surface area contributed by atoms with Crippen LogP contribution in [0.1, 0.15) is 39.1 Å². The number of nitrogens with zero attached hydrogens (tertiary/aromatic N) is 2. The Hall–Kier alpha value is -3.03. The summed E-state index contributed by atoms with van der Waals surface area (Å²) in [6, 6.07) is 9.13. The average Bonchev–Trinajstić information content (AvgIpc) is 3.21. The number of hydrogen-bond acceptors (Lipinski definition) is 3. The average molecular weight is 405 g/mol. The van der Waals surface area contributed by atoms with Crippen LogP contribution in [-0.4, -0.2) is 43.9 Å². The van der Waals surface area contributed by atoms with Crippen LogP contribution >= 0.6 is 0 Å². The number of rotatable bonds is 4. The van der Waals surface area contributed by atoms with Gasteiger partial charge < -0.3 is 15.1 Å². The summed E-state index contributed by atoms with van der Waals surface area (Å²) >= 11 is 0. The first-order valence-corrected chi connectivity index (χ1v) is 9.26. The number of carbonyl (C=O) groups excluding carboxylic acids is 2. The van der Waals surface area contributed by atoms with Gasteiger partial charge in [0.1, 0.15) is 0 Å². The molecule has 2 aromatic carbocycles. The van der Waals surface area contributed by atoms with Gasteiger partial charge in [0.25, 0.3) is 11.8 Å². The van der Waals surface area contributed by atoms with E-state index in [2.05, 4.69) is 5.32 Å². The Morgan fingerprint density at radius 1 is 1.03 bits per heavy atom. The lowest BCUT2D eigenvalue weighted by Crippen LogP contribution is -2.29. The van der Waals surface area contributed by atoms with E-state index in [0.29, 0.717) is 30.0 Å². The highest BCUT2D eigenvalue weighted by molar-refractivity contribution is 6.06. The number of benzene rings is 2. The molecule has 0 aliphatic carbocycles. The Morgan fingerprint density at radius 3 is 2.34 bits per heavy atom. The van der Waals surface area contributed by atoms with Gasteiger partial charge in [-0.1, -0.05) is 6.07 Å². The van der Waals surface area contributed by atoms with E-state index >= 15 is 0 Å². The van der Waals surface area contributed by atoms with Crippen LogP contribution in [0.4, 0.5) is 24.5 Å². The Morgan fingerprint density at radius 2 is 1.72 bits per heavy atom. The van der Waals surface area contributed by atoms with Gasteiger partial charge in [0.15, 0.2) is 0 Å². The fraction of sp³-hybridized carbons (Fsp3) is 0.333. The number of nitrogens with one attached hydrogen (secondary N) is 1. The smallest absolute Gasteiger partial charge is 0.377 e. The van der Waals surface area contributed by atoms with Crippen LogP contribution in [0, 0.1) is 0 Å². The zero-order valence-electron chi connectivity index (χ0n) is 16.2. The first-order chi connectivity index (χ1) is 13.7. The third-order valence-electron chi connectivity index (χ3n) is 4.81. The molecule has 1 N–H and O–H groups in total. The molecule has 5 nitrogen and oxygen atoms in total. The summed E-state index contributed by atoms with van der Waals surface area (Å²) in [5.74, 6) is -0.797. The van der Waals surface area contributed by atoms with Crippen molar-refractivity contribution in [1.29, 1.82) is 0 Å². The molecule has 0 saturated carbocycles. The second-order valence-corrected chi connectivity index (χ2v) is 7.16. The van der Waals surface area contributed by atoms with Crippen molar-refractivity contribution in [3.05, 3.63) is 59.2 Å². The van der Waals surface area contributed by atoms with Gasteiger partial charge in [-0.15, -0.1) is 0 Å². The van der Waals surface area contributed by atoms with Crippen LogP contribution in [0.2, 0.25) is 0 Å². The first-order valence-electron chi connectivity index (χ1n) is 9.26. The maximum absolute atomic E-state index is 12.9. The minimum absolute atomic E-state index is 0.107. The minimum atomic E-state index is -4.53. The van der Waals surface area contributed by atoms with Crippen molar-refractivity contribution in [2.75, 3.05) is 37.4 Å². The molecule has 0 aromatic heterocycles. The van der Waals surface area contributed by atoms with Crippen molar-refractivity contribution in [3.63, 3.8) is 0 Å². The number of hydrogen-bond donors (Lipinski definition) is 1. The van der Waals surface area contributed by atoms with Crippen LogP contribution < -0.4 is 10.2 Å². The van der Waals surface area contributed by atoms with Gasteiger partial charge in [-0.3, -0.25) is 9.59 Å². The SMILES string of the molecule is CN(C)c1ccc(NC(=O)c2cccc(C(F)(F)F)c2)cc1C(=O)N1CCCC1. The van der Waals surface area contributed by atoms with Crippen molar-refractivity contribution in [3.8, 4) is 0 Å². The minimum Gasteiger partial charge on any atom is -0.377 e. The van der Waals surface area contributed by atoms with Crippen LogP contribution in [0.3, 0.4) is 0 Å². The molecule has 2 amide bonds. The Bertz CT molecular complexity index is 920. The van der Waals surface area contributed by atoms with Crippen LogP contribution in [0.25, 0.3) is 0 Å². The van der Waals surface area contributed by atoms with Gasteiger partial charge in [0, 0.05) is 44.1 Å². The van der Waals surface area contributed by atoms with Gasteiger partial charge in [-0.05, 0) is 49.2 Å². The lowest BCUT2D eigenvalue weighted by atomic mass is 10.1. The highest BCUT2D eigenvalue weighted by Crippen LogP contribution is 2.30. The number of anilines is 2. The summed E-state index contributed by atoms with van der Waals surface area (Å²) in [6.45, 7) is 1.37. The van der Waals surface area contributed by atoms with E-state index in [4.69, 9.17) is 0 Å². The Balaban J connectivity index is 1.87. The maximum atomic E-state index is 12.9. The molecule has 0 unspecified atom stereocenters. The van der Waals surface area contributed by atoms with E-state index in [0.717, 1.165) is 25.0 Å². The van der Waals surface area contributed by atoms with E-state index < -0.39 is 17.6 Å². The Kier molecular flexibility index (Phi) is 5.81. The van der Waals surface area contributed by atoms with E-state index in [9.17, 15) is 22.8 Å². The highest BCUT2D eigenvalue weighted by Gasteiger charge is 2.31. The topological polar surface area (TPSA) is 52.7 Å². The molecule has 1 heterocycles. The number of alkyl halides is 3. The molecule has 1 aliphatic rings. The third-order valence-corrected chi connectivity index (χ3v) is 4.81. The van der Waals surface area contributed by atoms with E-state index in [1.54, 1.807) is 23.1 Å². The molecule has 8 heteroatoms. The number of likely N-dealkylation sites (tertiary alicyclic amines) is 1. The summed E-state index contributed by atoms with van der Waals surface area (Å²) in [7, 11) is 3.63. The molecule has 0 spiro atoms. The van der Waals surface area contributed by atoms with E-state index in [1.807, 2.05) is 19.0 Å². The monoisotopic (exact) mass is 405 g/mol. The molecule has 154 valence electrons. The number of carbonyl (C=O) groups is 2. The van der Waals surface area contributed by atoms with Crippen molar-refractivity contribution < 1.29 is 22.8 Å². The Labute approximate surface area is 167 Å². The van der Waals surface area contributed by atoms with Crippen molar-refractivity contribution in [2.45, 2.75) is 19.0 Å². The predicted molar refractivity (Wildman–Crippen MR) is 105 cm³/mol. The lowest BCUT2D eigenvalue weighted by molar-refractivity contribution is -0.137. The van der Waals surface area contributed by atoms with Gasteiger partial charge >= 0.3 is 6.18 Å². The molecule has 2 aromatic rings. The molecule has 3 rings (SSSR count). The van der Waals surface area contributed by atoms with Gasteiger partial charge in [0.2, 0.25) is 0 Å². The van der Waals surface area contributed by atoms with Gasteiger partial charge in [-0.25, -0.2) is 0 Å². The molecule has 1 fully saturated rings. The summed E-state index contributed by atoms with van der Waals surface area (Å²) in [6.07, 6.45) is -2.62. The summed E-state index contributed by atoms with van der Waals surface area (Å²) in [5.41, 5.74) is 0.500. The second-order valence-electron chi connectivity index (χ2n) is 7.16. The highest BCUT2D eigenvalue weighted by atomic mass is 19.4. The second kappa shape index (κ2) is 8.14. The van der Waals surface area contributed by atoms with Crippen molar-refractivity contribution >= 4 is 23.2 Å². The molecule has 1 saturated heterocycles. The summed E-state index contributed by atoms with van der Waals surface area (Å²) in [4.78, 5) is 28.9. The van der Waals surface area contributed by atoms with Crippen LogP contribution in [0.15, 0.2) is 42.5 Å². The number of halogens is 3. The van der Waals surface area contributed by atoms with E-state index in [1.165, 1.54) is 12.1 Å². The summed E-state index contributed by atoms with van der Waals surface area (Å²) in [5, 5.41) is 2.59. The van der Waals surface area contributed by atoms with Crippen LogP contribution in [0.5, 0.6) is 0 Å². The molecular formula is C21H22F3N3O2. The largest absolute Gasteiger partial charge is 0.416 e. The molecule has 0 atom stereocenters. The predicted octanol–water partition coefficient (Wildman–Crippen LogP) is 4.26. The van der Waals surface area contributed by atoms with Crippen molar-refractivity contribution in [1.82, 2.24) is 4.90 Å². The number of amides is 2. The fourth-order valence-electron chi connectivity index (χ4n) is 3.31. The molecule has 29 heavy (non-hydrogen) atoms. The molecule has 1 aliphatic heterocycles. The third kappa shape index (κ3) is 4.70. The molecular weight excluding hydrogens is 383 g/mol. The standard InChI is InChI=1S/C21H22F3N3O2/c1-26(2)18-9-8-16(13-17(18)20(29)27-10-3-4-11-27)25-19(28)14-6-5-7-15(12-14)21(22,23)24/h5-9,12-13H,3-4,10-11H2,1-2H3,(H,25,28). The summed E-state index contributed by atoms with van der Waals surface area (Å²) < 4.78 is 38.7. The van der Waals surface area contributed by atoms with Crippen LogP contribution in [-0.2, 0) is 6.18 Å². The molecule has 0 radical (unpaired) electrons. The zero-order valence-corrected chi connectivity index (χ0v) is 16.2. The first kappa shape index (κ1) is 20.7. The fourth-order valence-corrected chi connectivity index (χ4v) is 3.31. The van der Waals surface area contributed by atoms with Gasteiger partial charge in [-0.2, -0.15) is 13.2 Å². The van der Waals surface area contributed by atoms with Gasteiger partial charge in [0.05, 0.1) is 11.1 Å².